The van der Waals surface area contributed by atoms with Crippen molar-refractivity contribution >= 4 is 17.0 Å². The third kappa shape index (κ3) is 2.96. The van der Waals surface area contributed by atoms with Crippen LogP contribution in [0.1, 0.15) is 38.7 Å². The van der Waals surface area contributed by atoms with Crippen LogP contribution in [0.4, 0.5) is 10.1 Å². The number of hydrogen-bond acceptors (Lipinski definition) is 3. The van der Waals surface area contributed by atoms with Crippen LogP contribution < -0.4 is 10.5 Å². The molecule has 100 valence electrons. The molecule has 0 aliphatic heterocycles. The maximum atomic E-state index is 13.1. The topological polar surface area (TPSA) is 61.1 Å². The average molecular weight is 270 g/mol. The van der Waals surface area contributed by atoms with Crippen LogP contribution in [0.25, 0.3) is 0 Å². The molecule has 3 N–H and O–H groups in total. The zero-order chi connectivity index (χ0) is 13.5. The van der Waals surface area contributed by atoms with Gasteiger partial charge < -0.3 is 10.3 Å². The molecule has 1 aliphatic carbocycles. The fourth-order valence-corrected chi connectivity index (χ4v) is 2.69. The molecule has 0 amide bonds. The summed E-state index contributed by atoms with van der Waals surface area (Å²) in [6.07, 6.45) is 0.924. The molecular weight excluding hydrogens is 251 g/mol. The Balaban J connectivity index is 1.97. The van der Waals surface area contributed by atoms with Crippen LogP contribution in [-0.2, 0) is 11.4 Å². The Kier molecular flexibility index (Phi) is 3.58. The number of nitrogens with one attached hydrogen (secondary N) is 1. The molecule has 3 nitrogen and oxygen atoms in total. The number of anilines is 1. The fourth-order valence-electron chi connectivity index (χ4n) is 1.80. The second kappa shape index (κ2) is 4.72. The van der Waals surface area contributed by atoms with E-state index in [2.05, 4.69) is 4.72 Å². The molecule has 0 radical (unpaired) electrons. The maximum absolute atomic E-state index is 13.1. The van der Waals surface area contributed by atoms with Crippen LogP contribution in [0.3, 0.4) is 0 Å². The number of benzene rings is 1. The Bertz CT molecular complexity index is 447. The van der Waals surface area contributed by atoms with Gasteiger partial charge in [-0.05, 0) is 44.9 Å². The highest BCUT2D eigenvalue weighted by Crippen LogP contribution is 2.42. The lowest BCUT2D eigenvalue weighted by Gasteiger charge is -2.23. The lowest BCUT2D eigenvalue weighted by Crippen LogP contribution is -2.40. The van der Waals surface area contributed by atoms with E-state index in [4.69, 9.17) is 5.73 Å². The highest BCUT2D eigenvalue weighted by Gasteiger charge is 2.43. The monoisotopic (exact) mass is 270 g/mol. The minimum absolute atomic E-state index is 0.176. The van der Waals surface area contributed by atoms with Crippen molar-refractivity contribution in [2.24, 2.45) is 0 Å². The first kappa shape index (κ1) is 13.6. The smallest absolute Gasteiger partial charge is 0.146 e. The zero-order valence-corrected chi connectivity index (χ0v) is 11.7. The highest BCUT2D eigenvalue weighted by molar-refractivity contribution is 7.90. The van der Waals surface area contributed by atoms with Crippen LogP contribution in [0, 0.1) is 5.82 Å². The summed E-state index contributed by atoms with van der Waals surface area (Å²) in [6.45, 7) is 5.80. The molecule has 1 fully saturated rings. The van der Waals surface area contributed by atoms with Crippen LogP contribution in [0.5, 0.6) is 0 Å². The van der Waals surface area contributed by atoms with Gasteiger partial charge >= 0.3 is 0 Å². The summed E-state index contributed by atoms with van der Waals surface area (Å²) in [5, 5.41) is 0. The lowest BCUT2D eigenvalue weighted by atomic mass is 10.1. The van der Waals surface area contributed by atoms with Crippen molar-refractivity contribution in [3.63, 3.8) is 0 Å². The second-order valence-corrected chi connectivity index (χ2v) is 7.73. The van der Waals surface area contributed by atoms with Crippen LogP contribution in [0.2, 0.25) is 0 Å². The average Bonchev–Trinajstić information content (AvgIpc) is 3.00. The molecule has 1 saturated carbocycles. The standard InChI is InChI=1S/C13H19FN2OS/c1-13(2,3)18(17)16-12-7-9(12)8-4-5-10(14)11(15)6-8/h4-6,9,12,16H,7,15H2,1-3H3/t9?,12?,18-/m0/s1. The Labute approximate surface area is 110 Å². The van der Waals surface area contributed by atoms with E-state index < -0.39 is 11.4 Å². The number of nitrogens with two attached hydrogens (primary N) is 1. The van der Waals surface area contributed by atoms with E-state index >= 15 is 0 Å². The van der Waals surface area contributed by atoms with Gasteiger partial charge in [0, 0.05) is 17.3 Å². The Morgan fingerprint density at radius 1 is 1.44 bits per heavy atom. The van der Waals surface area contributed by atoms with E-state index in [1.807, 2.05) is 20.8 Å². The molecule has 3 atom stereocenters. The van der Waals surface area contributed by atoms with Gasteiger partial charge in [0.05, 0.1) is 11.7 Å². The Morgan fingerprint density at radius 3 is 2.67 bits per heavy atom. The van der Waals surface area contributed by atoms with Gasteiger partial charge in [-0.25, -0.2) is 4.39 Å². The van der Waals surface area contributed by atoms with E-state index in [1.165, 1.54) is 6.07 Å². The third-order valence-electron chi connectivity index (χ3n) is 3.05. The van der Waals surface area contributed by atoms with Crippen molar-refractivity contribution < 1.29 is 8.94 Å². The lowest BCUT2D eigenvalue weighted by molar-refractivity contribution is 0.542. The van der Waals surface area contributed by atoms with Crippen LogP contribution >= 0.6 is 0 Å². The van der Waals surface area contributed by atoms with Crippen LogP contribution in [-0.4, -0.2) is 15.3 Å². The molecule has 2 unspecified atom stereocenters. The first-order chi connectivity index (χ1) is 8.29. The van der Waals surface area contributed by atoms with Crippen molar-refractivity contribution in [2.75, 3.05) is 5.73 Å². The molecule has 1 aromatic carbocycles. The Morgan fingerprint density at radius 2 is 2.11 bits per heavy atom. The number of halogens is 1. The predicted octanol–water partition coefficient (Wildman–Crippen LogP) is 2.32. The summed E-state index contributed by atoms with van der Waals surface area (Å²) in [4.78, 5) is 0. The van der Waals surface area contributed by atoms with Gasteiger partial charge in [-0.1, -0.05) is 6.07 Å². The molecule has 2 rings (SSSR count). The SMILES string of the molecule is CC(C)(C)[S@+]([O-])NC1CC1c1ccc(F)c(N)c1. The normalized spacial score (nSPS) is 24.9. The van der Waals surface area contributed by atoms with Crippen molar-refractivity contribution in [3.8, 4) is 0 Å². The van der Waals surface area contributed by atoms with Gasteiger partial charge in [-0.2, -0.15) is 0 Å². The largest absolute Gasteiger partial charge is 0.598 e. The van der Waals surface area contributed by atoms with E-state index in [-0.39, 0.29) is 22.3 Å². The summed E-state index contributed by atoms with van der Waals surface area (Å²) in [7, 11) is 0. The van der Waals surface area contributed by atoms with Gasteiger partial charge in [0.15, 0.2) is 0 Å². The molecule has 1 aliphatic rings. The molecule has 0 bridgehead atoms. The van der Waals surface area contributed by atoms with Crippen molar-refractivity contribution in [1.29, 1.82) is 0 Å². The summed E-state index contributed by atoms with van der Waals surface area (Å²) >= 11 is -1.06. The van der Waals surface area contributed by atoms with E-state index in [0.717, 1.165) is 12.0 Å². The molecule has 0 aromatic heterocycles. The van der Waals surface area contributed by atoms with E-state index in [9.17, 15) is 8.94 Å². The van der Waals surface area contributed by atoms with Crippen molar-refractivity contribution in [1.82, 2.24) is 4.72 Å². The summed E-state index contributed by atoms with van der Waals surface area (Å²) in [6, 6.07) is 5.01. The molecule has 18 heavy (non-hydrogen) atoms. The van der Waals surface area contributed by atoms with Crippen molar-refractivity contribution in [3.05, 3.63) is 29.6 Å². The number of nitrogen functional groups attached to an aromatic ring is 1. The minimum atomic E-state index is -1.06. The molecule has 0 heterocycles. The summed E-state index contributed by atoms with van der Waals surface area (Å²) < 4.78 is 27.8. The highest BCUT2D eigenvalue weighted by atomic mass is 32.2. The summed E-state index contributed by atoms with van der Waals surface area (Å²) in [5.41, 5.74) is 6.73. The zero-order valence-electron chi connectivity index (χ0n) is 10.9. The maximum Gasteiger partial charge on any atom is 0.146 e. The molecule has 1 aromatic rings. The first-order valence-corrected chi connectivity index (χ1v) is 7.17. The van der Waals surface area contributed by atoms with Crippen LogP contribution in [0.15, 0.2) is 18.2 Å². The predicted molar refractivity (Wildman–Crippen MR) is 73.0 cm³/mol. The van der Waals surface area contributed by atoms with Gasteiger partial charge in [0.1, 0.15) is 10.6 Å². The first-order valence-electron chi connectivity index (χ1n) is 6.02. The van der Waals surface area contributed by atoms with Crippen molar-refractivity contribution in [2.45, 2.75) is 43.9 Å². The number of hydrogen-bond donors (Lipinski definition) is 2. The molecule has 5 heteroatoms. The second-order valence-electron chi connectivity index (χ2n) is 5.73. The van der Waals surface area contributed by atoms with E-state index in [0.29, 0.717) is 5.92 Å². The third-order valence-corrected chi connectivity index (χ3v) is 4.68. The fraction of sp³-hybridized carbons (Fsp3) is 0.538. The Hall–Kier alpha value is -0.780. The number of rotatable bonds is 3. The quantitative estimate of drug-likeness (QED) is 0.654. The molecule has 0 saturated heterocycles. The molecular formula is C13H19FN2OS. The molecule has 0 spiro atoms. The minimum Gasteiger partial charge on any atom is -0.598 e. The van der Waals surface area contributed by atoms with Gasteiger partial charge in [0.2, 0.25) is 0 Å². The van der Waals surface area contributed by atoms with Gasteiger partial charge in [-0.15, -0.1) is 4.72 Å². The van der Waals surface area contributed by atoms with Gasteiger partial charge in [0.25, 0.3) is 0 Å². The van der Waals surface area contributed by atoms with E-state index in [1.54, 1.807) is 12.1 Å². The summed E-state index contributed by atoms with van der Waals surface area (Å²) in [5.74, 6) is -0.0959. The van der Waals surface area contributed by atoms with Gasteiger partial charge in [-0.3, -0.25) is 0 Å².